The van der Waals surface area contributed by atoms with Gasteiger partial charge in [-0.05, 0) is 56.2 Å². The quantitative estimate of drug-likeness (QED) is 0.359. The fourth-order valence-corrected chi connectivity index (χ4v) is 4.74. The fraction of sp³-hybridized carbons (Fsp3) is 0.261. The molecule has 30 heavy (non-hydrogen) atoms. The molecule has 0 saturated carbocycles. The largest absolute Gasteiger partial charge is 0.461 e. The molecule has 5 nitrogen and oxygen atoms in total. The standard InChI is InChI=1S/C23H22ClN3O2S/c1-4-27-13-25-19-10-16(5-8-20(19)27)12-29-22(28)11-21-15(3)26-23(30-21)18-7-6-17(24)9-14(18)2/h5-10,13H,4,11-12H2,1-3H3. The summed E-state index contributed by atoms with van der Waals surface area (Å²) in [4.78, 5) is 22.4. The van der Waals surface area contributed by atoms with E-state index in [0.717, 1.165) is 49.8 Å². The second-order valence-corrected chi connectivity index (χ2v) is 8.70. The first-order valence-corrected chi connectivity index (χ1v) is 11.0. The van der Waals surface area contributed by atoms with Crippen LogP contribution in [0, 0.1) is 13.8 Å². The van der Waals surface area contributed by atoms with E-state index in [4.69, 9.17) is 16.3 Å². The lowest BCUT2D eigenvalue weighted by molar-refractivity contribution is -0.144. The fourth-order valence-electron chi connectivity index (χ4n) is 3.37. The molecule has 0 amide bonds. The predicted octanol–water partition coefficient (Wildman–Crippen LogP) is 5.74. The number of halogens is 1. The van der Waals surface area contributed by atoms with Gasteiger partial charge in [-0.15, -0.1) is 11.3 Å². The summed E-state index contributed by atoms with van der Waals surface area (Å²) in [6, 6.07) is 11.7. The van der Waals surface area contributed by atoms with Crippen molar-refractivity contribution in [3.05, 3.63) is 69.4 Å². The Morgan fingerprint density at radius 2 is 2.03 bits per heavy atom. The average molecular weight is 440 g/mol. The van der Waals surface area contributed by atoms with Gasteiger partial charge in [0.2, 0.25) is 0 Å². The van der Waals surface area contributed by atoms with Crippen LogP contribution in [-0.4, -0.2) is 20.5 Å². The van der Waals surface area contributed by atoms with E-state index in [-0.39, 0.29) is 19.0 Å². The second kappa shape index (κ2) is 8.58. The third-order valence-electron chi connectivity index (χ3n) is 5.04. The Hall–Kier alpha value is -2.70. The minimum absolute atomic E-state index is 0.211. The molecule has 2 heterocycles. The molecular weight excluding hydrogens is 418 g/mol. The Morgan fingerprint density at radius 3 is 2.80 bits per heavy atom. The zero-order chi connectivity index (χ0) is 21.3. The molecule has 0 aliphatic rings. The zero-order valence-electron chi connectivity index (χ0n) is 17.1. The molecule has 0 fully saturated rings. The molecule has 4 rings (SSSR count). The summed E-state index contributed by atoms with van der Waals surface area (Å²) in [5.41, 5.74) is 5.87. The molecule has 0 radical (unpaired) electrons. The molecule has 0 unspecified atom stereocenters. The minimum Gasteiger partial charge on any atom is -0.461 e. The molecule has 0 atom stereocenters. The molecule has 2 aromatic heterocycles. The van der Waals surface area contributed by atoms with Crippen LogP contribution in [0.2, 0.25) is 5.02 Å². The lowest BCUT2D eigenvalue weighted by Gasteiger charge is -2.05. The van der Waals surface area contributed by atoms with Crippen molar-refractivity contribution in [1.29, 1.82) is 0 Å². The van der Waals surface area contributed by atoms with Gasteiger partial charge in [0.1, 0.15) is 11.6 Å². The maximum Gasteiger partial charge on any atom is 0.311 e. The highest BCUT2D eigenvalue weighted by atomic mass is 35.5. The Labute approximate surface area is 184 Å². The van der Waals surface area contributed by atoms with Crippen molar-refractivity contribution in [3.8, 4) is 10.6 Å². The number of rotatable bonds is 6. The molecule has 154 valence electrons. The van der Waals surface area contributed by atoms with Crippen LogP contribution >= 0.6 is 22.9 Å². The lowest BCUT2D eigenvalue weighted by Crippen LogP contribution is -2.07. The number of hydrogen-bond acceptors (Lipinski definition) is 5. The Kier molecular flexibility index (Phi) is 5.88. The summed E-state index contributed by atoms with van der Waals surface area (Å²) in [6.45, 7) is 7.11. The highest BCUT2D eigenvalue weighted by Gasteiger charge is 2.15. The number of aryl methyl sites for hydroxylation is 3. The number of benzene rings is 2. The van der Waals surface area contributed by atoms with Crippen molar-refractivity contribution in [1.82, 2.24) is 14.5 Å². The van der Waals surface area contributed by atoms with Crippen LogP contribution in [0.3, 0.4) is 0 Å². The van der Waals surface area contributed by atoms with Crippen LogP contribution < -0.4 is 0 Å². The Balaban J connectivity index is 1.42. The van der Waals surface area contributed by atoms with Crippen molar-refractivity contribution in [2.45, 2.75) is 40.3 Å². The first kappa shape index (κ1) is 20.6. The number of thiazole rings is 1. The third kappa shape index (κ3) is 4.25. The maximum atomic E-state index is 12.4. The van der Waals surface area contributed by atoms with Crippen LogP contribution in [0.1, 0.15) is 28.6 Å². The van der Waals surface area contributed by atoms with Gasteiger partial charge in [0.05, 0.1) is 29.5 Å². The van der Waals surface area contributed by atoms with Crippen LogP contribution in [0.5, 0.6) is 0 Å². The van der Waals surface area contributed by atoms with Gasteiger partial charge in [-0.1, -0.05) is 23.7 Å². The Morgan fingerprint density at radius 1 is 1.20 bits per heavy atom. The second-order valence-electron chi connectivity index (χ2n) is 7.18. The van der Waals surface area contributed by atoms with Gasteiger partial charge >= 0.3 is 5.97 Å². The van der Waals surface area contributed by atoms with Crippen molar-refractivity contribution in [3.63, 3.8) is 0 Å². The molecular formula is C23H22ClN3O2S. The number of hydrogen-bond donors (Lipinski definition) is 0. The van der Waals surface area contributed by atoms with Gasteiger partial charge in [-0.2, -0.15) is 0 Å². The summed E-state index contributed by atoms with van der Waals surface area (Å²) in [5.74, 6) is -0.264. The number of imidazole rings is 1. The van der Waals surface area contributed by atoms with Crippen LogP contribution in [0.4, 0.5) is 0 Å². The monoisotopic (exact) mass is 439 g/mol. The highest BCUT2D eigenvalue weighted by molar-refractivity contribution is 7.15. The molecule has 4 aromatic rings. The zero-order valence-corrected chi connectivity index (χ0v) is 18.7. The number of esters is 1. The van der Waals surface area contributed by atoms with Gasteiger partial charge in [0.25, 0.3) is 0 Å². The maximum absolute atomic E-state index is 12.4. The third-order valence-corrected chi connectivity index (χ3v) is 6.47. The van der Waals surface area contributed by atoms with E-state index in [1.165, 1.54) is 11.3 Å². The number of aromatic nitrogens is 3. The SMILES string of the molecule is CCn1cnc2cc(COC(=O)Cc3sc(-c4ccc(Cl)cc4C)nc3C)ccc21. The molecule has 0 aliphatic carbocycles. The molecule has 0 bridgehead atoms. The molecule has 7 heteroatoms. The summed E-state index contributed by atoms with van der Waals surface area (Å²) >= 11 is 7.57. The number of carbonyl (C=O) groups excluding carboxylic acids is 1. The Bertz CT molecular complexity index is 1230. The molecule has 0 spiro atoms. The lowest BCUT2D eigenvalue weighted by atomic mass is 10.1. The first-order chi connectivity index (χ1) is 14.4. The number of ether oxygens (including phenoxy) is 1. The summed E-state index contributed by atoms with van der Waals surface area (Å²) in [5, 5.41) is 1.59. The van der Waals surface area contributed by atoms with Gasteiger partial charge < -0.3 is 9.30 Å². The van der Waals surface area contributed by atoms with E-state index in [1.807, 2.05) is 56.6 Å². The van der Waals surface area contributed by atoms with Gasteiger partial charge in [0, 0.05) is 22.0 Å². The normalized spacial score (nSPS) is 11.2. The summed E-state index contributed by atoms with van der Waals surface area (Å²) < 4.78 is 7.59. The van der Waals surface area contributed by atoms with Crippen LogP contribution in [-0.2, 0) is 29.1 Å². The minimum atomic E-state index is -0.264. The molecule has 0 aliphatic heterocycles. The van der Waals surface area contributed by atoms with Crippen molar-refractivity contribution in [2.24, 2.45) is 0 Å². The number of fused-ring (bicyclic) bond motifs is 1. The molecule has 0 saturated heterocycles. The number of carbonyl (C=O) groups is 1. The highest BCUT2D eigenvalue weighted by Crippen LogP contribution is 2.32. The molecule has 0 N–H and O–H groups in total. The van der Waals surface area contributed by atoms with Crippen molar-refractivity contribution < 1.29 is 9.53 Å². The van der Waals surface area contributed by atoms with Gasteiger partial charge in [-0.3, -0.25) is 4.79 Å². The van der Waals surface area contributed by atoms with E-state index in [0.29, 0.717) is 5.02 Å². The predicted molar refractivity (Wildman–Crippen MR) is 121 cm³/mol. The summed E-state index contributed by atoms with van der Waals surface area (Å²) in [7, 11) is 0. The first-order valence-electron chi connectivity index (χ1n) is 9.77. The van der Waals surface area contributed by atoms with E-state index in [9.17, 15) is 4.79 Å². The van der Waals surface area contributed by atoms with E-state index in [1.54, 1.807) is 0 Å². The summed E-state index contributed by atoms with van der Waals surface area (Å²) in [6.07, 6.45) is 2.04. The van der Waals surface area contributed by atoms with Crippen molar-refractivity contribution >= 4 is 39.9 Å². The van der Waals surface area contributed by atoms with Crippen LogP contribution in [0.15, 0.2) is 42.7 Å². The van der Waals surface area contributed by atoms with E-state index >= 15 is 0 Å². The van der Waals surface area contributed by atoms with Crippen molar-refractivity contribution in [2.75, 3.05) is 0 Å². The smallest absolute Gasteiger partial charge is 0.311 e. The van der Waals surface area contributed by atoms with Gasteiger partial charge in [0.15, 0.2) is 0 Å². The molecule has 2 aromatic carbocycles. The van der Waals surface area contributed by atoms with Gasteiger partial charge in [-0.25, -0.2) is 9.97 Å². The van der Waals surface area contributed by atoms with E-state index < -0.39 is 0 Å². The van der Waals surface area contributed by atoms with E-state index in [2.05, 4.69) is 21.5 Å². The average Bonchev–Trinajstić information content (AvgIpc) is 3.29. The number of nitrogens with zero attached hydrogens (tertiary/aromatic N) is 3. The topological polar surface area (TPSA) is 57.0 Å². The van der Waals surface area contributed by atoms with Crippen LogP contribution in [0.25, 0.3) is 21.6 Å².